The minimum atomic E-state index is -1.27. The summed E-state index contributed by atoms with van der Waals surface area (Å²) in [5.74, 6) is -0.799. The zero-order valence-electron chi connectivity index (χ0n) is 16.0. The molecule has 0 aliphatic heterocycles. The summed E-state index contributed by atoms with van der Waals surface area (Å²) in [6.07, 6.45) is 6.51. The fourth-order valence-corrected chi connectivity index (χ4v) is 3.97. The van der Waals surface area contributed by atoms with Gasteiger partial charge in [-0.05, 0) is 53.4 Å². The Morgan fingerprint density at radius 1 is 0.800 bits per heavy atom. The van der Waals surface area contributed by atoms with E-state index in [0.29, 0.717) is 25.7 Å². The van der Waals surface area contributed by atoms with Crippen LogP contribution in [0, 0.1) is 5.41 Å². The van der Waals surface area contributed by atoms with Gasteiger partial charge in [-0.3, -0.25) is 9.59 Å². The first kappa shape index (κ1) is 20.2. The second kappa shape index (κ2) is 7.23. The molecule has 25 heavy (non-hydrogen) atoms. The Balaban J connectivity index is 1.96. The minimum Gasteiger partial charge on any atom is -0.388 e. The van der Waals surface area contributed by atoms with Gasteiger partial charge in [0.15, 0.2) is 0 Å². The number of hydrogen-bond donors (Lipinski definition) is 4. The summed E-state index contributed by atoms with van der Waals surface area (Å²) in [7, 11) is 0. The van der Waals surface area contributed by atoms with Gasteiger partial charge in [-0.25, -0.2) is 0 Å². The Labute approximate surface area is 150 Å². The van der Waals surface area contributed by atoms with Gasteiger partial charge in [-0.2, -0.15) is 0 Å². The lowest BCUT2D eigenvalue weighted by Gasteiger charge is -2.35. The number of rotatable bonds is 6. The van der Waals surface area contributed by atoms with Gasteiger partial charge in [0.1, 0.15) is 5.41 Å². The molecule has 144 valence electrons. The summed E-state index contributed by atoms with van der Waals surface area (Å²) in [5, 5.41) is 26.8. The minimum absolute atomic E-state index is 0.397. The van der Waals surface area contributed by atoms with Crippen LogP contribution in [0.5, 0.6) is 0 Å². The van der Waals surface area contributed by atoms with Crippen molar-refractivity contribution >= 4 is 11.8 Å². The molecule has 0 radical (unpaired) electrons. The summed E-state index contributed by atoms with van der Waals surface area (Å²) in [6, 6.07) is -0.794. The molecule has 2 atom stereocenters. The molecule has 2 rings (SSSR count). The van der Waals surface area contributed by atoms with Gasteiger partial charge in [-0.15, -0.1) is 0 Å². The molecule has 0 aromatic rings. The van der Waals surface area contributed by atoms with E-state index in [9.17, 15) is 19.8 Å². The number of carbonyl (C=O) groups is 2. The second-order valence-corrected chi connectivity index (χ2v) is 8.64. The van der Waals surface area contributed by atoms with Crippen molar-refractivity contribution in [2.45, 2.75) is 102 Å². The van der Waals surface area contributed by atoms with Crippen molar-refractivity contribution in [2.24, 2.45) is 5.41 Å². The molecule has 0 aromatic carbocycles. The van der Waals surface area contributed by atoms with Gasteiger partial charge < -0.3 is 20.8 Å². The van der Waals surface area contributed by atoms with E-state index in [2.05, 4.69) is 10.6 Å². The molecule has 2 aliphatic rings. The van der Waals surface area contributed by atoms with Crippen molar-refractivity contribution in [1.29, 1.82) is 0 Å². The fourth-order valence-electron chi connectivity index (χ4n) is 3.97. The third kappa shape index (κ3) is 4.17. The maximum atomic E-state index is 12.7. The third-order valence-corrected chi connectivity index (χ3v) is 6.38. The Bertz CT molecular complexity index is 462. The standard InChI is InChI=1S/C19H34N2O4/c1-13(18(24)9-5-6-10-18)20-15(22)17(3,4)16(23)21-14(2)19(25)11-7-8-12-19/h13-14,24-25H,5-12H2,1-4H3,(H,20,22)(H,21,23)/t13-,14-/m1/s1. The smallest absolute Gasteiger partial charge is 0.235 e. The summed E-state index contributed by atoms with van der Waals surface area (Å²) in [6.45, 7) is 6.74. The Kier molecular flexibility index (Phi) is 5.84. The molecule has 6 heteroatoms. The lowest BCUT2D eigenvalue weighted by molar-refractivity contribution is -0.144. The molecule has 4 N–H and O–H groups in total. The SMILES string of the molecule is C[C@@H](NC(=O)C(C)(C)C(=O)N[C@H](C)C1(O)CCCC1)C1(O)CCCC1. The number of hydrogen-bond acceptors (Lipinski definition) is 4. The predicted octanol–water partition coefficient (Wildman–Crippen LogP) is 1.63. The summed E-state index contributed by atoms with van der Waals surface area (Å²) < 4.78 is 0. The zero-order chi connectivity index (χ0) is 18.9. The van der Waals surface area contributed by atoms with Gasteiger partial charge in [0.2, 0.25) is 11.8 Å². The Morgan fingerprint density at radius 3 is 1.36 bits per heavy atom. The number of nitrogens with one attached hydrogen (secondary N) is 2. The second-order valence-electron chi connectivity index (χ2n) is 8.64. The predicted molar refractivity (Wildman–Crippen MR) is 95.8 cm³/mol. The molecule has 0 heterocycles. The zero-order valence-corrected chi connectivity index (χ0v) is 16.0. The van der Waals surface area contributed by atoms with Crippen molar-refractivity contribution in [1.82, 2.24) is 10.6 Å². The van der Waals surface area contributed by atoms with Crippen LogP contribution in [0.25, 0.3) is 0 Å². The van der Waals surface area contributed by atoms with E-state index < -0.39 is 40.5 Å². The van der Waals surface area contributed by atoms with Crippen LogP contribution in [-0.2, 0) is 9.59 Å². The van der Waals surface area contributed by atoms with Gasteiger partial charge in [0.05, 0.1) is 23.3 Å². The van der Waals surface area contributed by atoms with Crippen LogP contribution < -0.4 is 10.6 Å². The average Bonchev–Trinajstić information content (AvgIpc) is 3.17. The van der Waals surface area contributed by atoms with Crippen LogP contribution in [0.15, 0.2) is 0 Å². The number of aliphatic hydroxyl groups is 2. The van der Waals surface area contributed by atoms with Crippen LogP contribution in [0.2, 0.25) is 0 Å². The molecule has 2 fully saturated rings. The normalized spacial score (nSPS) is 24.6. The van der Waals surface area contributed by atoms with Gasteiger partial charge in [-0.1, -0.05) is 25.7 Å². The molecule has 6 nitrogen and oxygen atoms in total. The molecule has 0 bridgehead atoms. The number of amides is 2. The first-order valence-electron chi connectivity index (χ1n) is 9.58. The average molecular weight is 354 g/mol. The molecule has 0 saturated heterocycles. The Morgan fingerprint density at radius 2 is 1.08 bits per heavy atom. The molecule has 2 saturated carbocycles. The molecule has 2 aliphatic carbocycles. The highest BCUT2D eigenvalue weighted by molar-refractivity contribution is 6.04. The molecule has 2 amide bonds. The highest BCUT2D eigenvalue weighted by atomic mass is 16.3. The van der Waals surface area contributed by atoms with Crippen molar-refractivity contribution in [3.8, 4) is 0 Å². The Hall–Kier alpha value is -1.14. The first-order valence-corrected chi connectivity index (χ1v) is 9.58. The van der Waals surface area contributed by atoms with Crippen molar-refractivity contribution in [3.05, 3.63) is 0 Å². The van der Waals surface area contributed by atoms with E-state index in [-0.39, 0.29) is 0 Å². The third-order valence-electron chi connectivity index (χ3n) is 6.38. The van der Waals surface area contributed by atoms with E-state index in [1.54, 1.807) is 27.7 Å². The van der Waals surface area contributed by atoms with Gasteiger partial charge >= 0.3 is 0 Å². The van der Waals surface area contributed by atoms with Crippen molar-refractivity contribution < 1.29 is 19.8 Å². The van der Waals surface area contributed by atoms with E-state index in [4.69, 9.17) is 0 Å². The summed E-state index contributed by atoms with van der Waals surface area (Å²) in [5.41, 5.74) is -3.03. The van der Waals surface area contributed by atoms with E-state index in [0.717, 1.165) is 25.7 Å². The molecule has 0 aromatic heterocycles. The van der Waals surface area contributed by atoms with Crippen molar-refractivity contribution in [3.63, 3.8) is 0 Å². The van der Waals surface area contributed by atoms with Gasteiger partial charge in [0, 0.05) is 0 Å². The monoisotopic (exact) mass is 354 g/mol. The molecular weight excluding hydrogens is 320 g/mol. The maximum Gasteiger partial charge on any atom is 0.235 e. The largest absolute Gasteiger partial charge is 0.388 e. The molecule has 0 unspecified atom stereocenters. The molecular formula is C19H34N2O4. The van der Waals surface area contributed by atoms with E-state index in [1.165, 1.54) is 0 Å². The summed E-state index contributed by atoms with van der Waals surface area (Å²) in [4.78, 5) is 25.3. The van der Waals surface area contributed by atoms with Crippen LogP contribution in [-0.4, -0.2) is 45.3 Å². The van der Waals surface area contributed by atoms with Crippen LogP contribution in [0.1, 0.15) is 79.1 Å². The van der Waals surface area contributed by atoms with Gasteiger partial charge in [0.25, 0.3) is 0 Å². The lowest BCUT2D eigenvalue weighted by Crippen LogP contribution is -2.58. The summed E-state index contributed by atoms with van der Waals surface area (Å²) >= 11 is 0. The highest BCUT2D eigenvalue weighted by Gasteiger charge is 2.44. The number of carbonyl (C=O) groups excluding carboxylic acids is 2. The van der Waals surface area contributed by atoms with E-state index >= 15 is 0 Å². The topological polar surface area (TPSA) is 98.7 Å². The first-order chi connectivity index (χ1) is 11.5. The van der Waals surface area contributed by atoms with Crippen LogP contribution in [0.4, 0.5) is 0 Å². The van der Waals surface area contributed by atoms with Crippen LogP contribution in [0.3, 0.4) is 0 Å². The highest BCUT2D eigenvalue weighted by Crippen LogP contribution is 2.34. The lowest BCUT2D eigenvalue weighted by atomic mass is 9.86. The molecule has 0 spiro atoms. The fraction of sp³-hybridized carbons (Fsp3) is 0.895. The van der Waals surface area contributed by atoms with Crippen LogP contribution >= 0.6 is 0 Å². The quantitative estimate of drug-likeness (QED) is 0.545. The van der Waals surface area contributed by atoms with Crippen molar-refractivity contribution in [2.75, 3.05) is 0 Å². The maximum absolute atomic E-state index is 12.7. The van der Waals surface area contributed by atoms with E-state index in [1.807, 2.05) is 0 Å².